The first kappa shape index (κ1) is 13.3. The Kier molecular flexibility index (Phi) is 3.81. The fourth-order valence-corrected chi connectivity index (χ4v) is 1.98. The molecule has 0 radical (unpaired) electrons. The summed E-state index contributed by atoms with van der Waals surface area (Å²) >= 11 is 0. The standard InChI is InChI=1S/C8H12O6P2/c1-15(9,10)13-7-3-5-8(6-4-7)14-16(2,11)12/h3-6H,1-2H3,(H,9,10)(H,11,12). The molecule has 0 spiro atoms. The van der Waals surface area contributed by atoms with E-state index in [2.05, 4.69) is 0 Å². The number of hydrogen-bond acceptors (Lipinski definition) is 4. The number of rotatable bonds is 4. The molecular formula is C8H12O6P2. The average Bonchev–Trinajstić information content (AvgIpc) is 2.03. The van der Waals surface area contributed by atoms with E-state index >= 15 is 0 Å². The van der Waals surface area contributed by atoms with Crippen LogP contribution < -0.4 is 9.05 Å². The van der Waals surface area contributed by atoms with Crippen LogP contribution >= 0.6 is 15.2 Å². The summed E-state index contributed by atoms with van der Waals surface area (Å²) in [5, 5.41) is 0. The molecule has 16 heavy (non-hydrogen) atoms. The Morgan fingerprint density at radius 3 is 1.31 bits per heavy atom. The molecule has 0 fully saturated rings. The van der Waals surface area contributed by atoms with Gasteiger partial charge in [0.05, 0.1) is 0 Å². The van der Waals surface area contributed by atoms with Crippen molar-refractivity contribution < 1.29 is 28.0 Å². The van der Waals surface area contributed by atoms with Crippen LogP contribution in [-0.4, -0.2) is 23.1 Å². The van der Waals surface area contributed by atoms with Crippen molar-refractivity contribution >= 4 is 15.2 Å². The fraction of sp³-hybridized carbons (Fsp3) is 0.250. The summed E-state index contributed by atoms with van der Waals surface area (Å²) < 4.78 is 31.3. The van der Waals surface area contributed by atoms with Gasteiger partial charge in [-0.1, -0.05) is 0 Å². The van der Waals surface area contributed by atoms with Gasteiger partial charge in [-0.3, -0.25) is 0 Å². The van der Waals surface area contributed by atoms with E-state index in [-0.39, 0.29) is 11.5 Å². The zero-order valence-electron chi connectivity index (χ0n) is 8.73. The molecule has 0 amide bonds. The molecular weight excluding hydrogens is 254 g/mol. The highest BCUT2D eigenvalue weighted by molar-refractivity contribution is 7.52. The summed E-state index contributed by atoms with van der Waals surface area (Å²) in [7, 11) is -7.18. The molecule has 1 aromatic rings. The highest BCUT2D eigenvalue weighted by Gasteiger charge is 2.14. The van der Waals surface area contributed by atoms with Gasteiger partial charge >= 0.3 is 15.2 Å². The van der Waals surface area contributed by atoms with E-state index in [1.807, 2.05) is 0 Å². The third kappa shape index (κ3) is 5.33. The van der Waals surface area contributed by atoms with Gasteiger partial charge in [0, 0.05) is 13.3 Å². The van der Waals surface area contributed by atoms with E-state index in [0.29, 0.717) is 0 Å². The Hall–Kier alpha value is -0.800. The van der Waals surface area contributed by atoms with Crippen molar-refractivity contribution in [3.8, 4) is 11.5 Å². The minimum absolute atomic E-state index is 0.185. The van der Waals surface area contributed by atoms with E-state index in [4.69, 9.17) is 18.8 Å². The van der Waals surface area contributed by atoms with Crippen molar-refractivity contribution in [3.63, 3.8) is 0 Å². The lowest BCUT2D eigenvalue weighted by Gasteiger charge is -2.11. The van der Waals surface area contributed by atoms with Crippen molar-refractivity contribution in [3.05, 3.63) is 24.3 Å². The first-order valence-corrected chi connectivity index (χ1v) is 8.30. The van der Waals surface area contributed by atoms with Crippen LogP contribution in [0, 0.1) is 0 Å². The first-order chi connectivity index (χ1) is 7.16. The molecule has 0 saturated heterocycles. The summed E-state index contributed by atoms with van der Waals surface area (Å²) in [6.07, 6.45) is 0. The van der Waals surface area contributed by atoms with E-state index in [9.17, 15) is 9.13 Å². The van der Waals surface area contributed by atoms with Gasteiger partial charge in [0.25, 0.3) is 0 Å². The Morgan fingerprint density at radius 2 is 1.12 bits per heavy atom. The summed E-state index contributed by atoms with van der Waals surface area (Å²) in [5.74, 6) is 0.370. The second kappa shape index (κ2) is 4.60. The highest BCUT2D eigenvalue weighted by Crippen LogP contribution is 2.41. The monoisotopic (exact) mass is 266 g/mol. The van der Waals surface area contributed by atoms with Gasteiger partial charge < -0.3 is 18.8 Å². The first-order valence-electron chi connectivity index (χ1n) is 4.25. The highest BCUT2D eigenvalue weighted by atomic mass is 31.2. The van der Waals surface area contributed by atoms with E-state index in [0.717, 1.165) is 13.3 Å². The van der Waals surface area contributed by atoms with Crippen LogP contribution in [0.4, 0.5) is 0 Å². The van der Waals surface area contributed by atoms with Gasteiger partial charge in [0.15, 0.2) is 0 Å². The Bertz CT molecular complexity index is 399. The Morgan fingerprint density at radius 1 is 0.875 bits per heavy atom. The molecule has 2 atom stereocenters. The normalized spacial score (nSPS) is 18.2. The van der Waals surface area contributed by atoms with Crippen LogP contribution in [0.2, 0.25) is 0 Å². The smallest absolute Gasteiger partial charge is 0.373 e. The third-order valence-electron chi connectivity index (χ3n) is 1.37. The molecule has 6 nitrogen and oxygen atoms in total. The second-order valence-electron chi connectivity index (χ2n) is 3.26. The molecule has 0 bridgehead atoms. The topological polar surface area (TPSA) is 93.1 Å². The third-order valence-corrected chi connectivity index (χ3v) is 2.47. The zero-order chi connectivity index (χ0) is 12.4. The maximum atomic E-state index is 10.9. The van der Waals surface area contributed by atoms with Gasteiger partial charge in [0.2, 0.25) is 0 Å². The van der Waals surface area contributed by atoms with Crippen LogP contribution in [0.25, 0.3) is 0 Å². The molecule has 0 saturated carbocycles. The molecule has 1 aromatic carbocycles. The average molecular weight is 266 g/mol. The van der Waals surface area contributed by atoms with Gasteiger partial charge in [-0.2, -0.15) is 0 Å². The van der Waals surface area contributed by atoms with Crippen LogP contribution in [-0.2, 0) is 9.13 Å². The van der Waals surface area contributed by atoms with Gasteiger partial charge in [-0.05, 0) is 24.3 Å². The summed E-state index contributed by atoms with van der Waals surface area (Å²) in [6.45, 7) is 2.12. The van der Waals surface area contributed by atoms with Crippen molar-refractivity contribution in [1.82, 2.24) is 0 Å². The van der Waals surface area contributed by atoms with Crippen molar-refractivity contribution in [2.24, 2.45) is 0 Å². The maximum absolute atomic E-state index is 10.9. The maximum Gasteiger partial charge on any atom is 0.373 e. The van der Waals surface area contributed by atoms with Crippen LogP contribution in [0.5, 0.6) is 11.5 Å². The molecule has 8 heteroatoms. The Balaban J connectivity index is 2.76. The van der Waals surface area contributed by atoms with Gasteiger partial charge in [-0.25, -0.2) is 9.13 Å². The molecule has 0 aliphatic rings. The molecule has 0 aliphatic heterocycles. The number of hydrogen-bond donors (Lipinski definition) is 2. The van der Waals surface area contributed by atoms with Crippen molar-refractivity contribution in [2.75, 3.05) is 13.3 Å². The fourth-order valence-electron chi connectivity index (χ4n) is 0.953. The second-order valence-corrected chi connectivity index (χ2v) is 6.84. The van der Waals surface area contributed by atoms with E-state index in [1.54, 1.807) is 0 Å². The molecule has 90 valence electrons. The molecule has 2 unspecified atom stereocenters. The van der Waals surface area contributed by atoms with E-state index in [1.165, 1.54) is 24.3 Å². The minimum Gasteiger partial charge on any atom is -0.425 e. The predicted octanol–water partition coefficient (Wildman–Crippen LogP) is 2.07. The SMILES string of the molecule is CP(=O)(O)Oc1ccc(OP(C)(=O)O)cc1. The van der Waals surface area contributed by atoms with Crippen molar-refractivity contribution in [2.45, 2.75) is 0 Å². The molecule has 1 rings (SSSR count). The summed E-state index contributed by atoms with van der Waals surface area (Å²) in [4.78, 5) is 17.9. The zero-order valence-corrected chi connectivity index (χ0v) is 10.5. The predicted molar refractivity (Wildman–Crippen MR) is 59.2 cm³/mol. The molecule has 0 aromatic heterocycles. The quantitative estimate of drug-likeness (QED) is 0.810. The van der Waals surface area contributed by atoms with Crippen LogP contribution in [0.1, 0.15) is 0 Å². The van der Waals surface area contributed by atoms with Crippen LogP contribution in [0.3, 0.4) is 0 Å². The van der Waals surface area contributed by atoms with Crippen LogP contribution in [0.15, 0.2) is 24.3 Å². The molecule has 2 N–H and O–H groups in total. The van der Waals surface area contributed by atoms with Gasteiger partial charge in [0.1, 0.15) is 11.5 Å². The lowest BCUT2D eigenvalue weighted by molar-refractivity contribution is 0.381. The lowest BCUT2D eigenvalue weighted by atomic mass is 10.3. The van der Waals surface area contributed by atoms with Crippen molar-refractivity contribution in [1.29, 1.82) is 0 Å². The molecule has 0 heterocycles. The lowest BCUT2D eigenvalue weighted by Crippen LogP contribution is -1.91. The van der Waals surface area contributed by atoms with E-state index < -0.39 is 15.2 Å². The summed E-state index contributed by atoms with van der Waals surface area (Å²) in [5.41, 5.74) is 0. The number of benzene rings is 1. The largest absolute Gasteiger partial charge is 0.425 e. The Labute approximate surface area is 92.9 Å². The minimum atomic E-state index is -3.59. The summed E-state index contributed by atoms with van der Waals surface area (Å²) in [6, 6.07) is 5.49. The molecule has 0 aliphatic carbocycles. The van der Waals surface area contributed by atoms with Gasteiger partial charge in [-0.15, -0.1) is 0 Å².